The summed E-state index contributed by atoms with van der Waals surface area (Å²) in [5, 5.41) is 7.21. The Labute approximate surface area is 177 Å². The molecule has 1 aliphatic heterocycles. The van der Waals surface area contributed by atoms with Crippen molar-refractivity contribution in [2.24, 2.45) is 0 Å². The lowest BCUT2D eigenvalue weighted by Gasteiger charge is -2.19. The molecule has 1 aliphatic rings. The number of carbonyl (C=O) groups excluding carboxylic acids is 2. The Bertz CT molecular complexity index is 935. The van der Waals surface area contributed by atoms with Crippen LogP contribution in [-0.2, 0) is 6.54 Å². The third kappa shape index (κ3) is 4.29. The van der Waals surface area contributed by atoms with Crippen LogP contribution in [0.4, 0.5) is 5.95 Å². The fourth-order valence-corrected chi connectivity index (χ4v) is 3.74. The van der Waals surface area contributed by atoms with Gasteiger partial charge in [-0.3, -0.25) is 14.3 Å². The average Bonchev–Trinajstić information content (AvgIpc) is 3.33. The van der Waals surface area contributed by atoms with E-state index in [-0.39, 0.29) is 23.8 Å². The van der Waals surface area contributed by atoms with Crippen LogP contribution in [0.3, 0.4) is 0 Å². The molecule has 1 N–H and O–H groups in total. The first kappa shape index (κ1) is 21.7. The number of nitrogens with one attached hydrogen (secondary N) is 1. The Balaban J connectivity index is 1.86. The summed E-state index contributed by atoms with van der Waals surface area (Å²) < 4.78 is 1.82. The fraction of sp³-hybridized carbons (Fsp3) is 0.571. The first-order valence-corrected chi connectivity index (χ1v) is 10.4. The fourth-order valence-electron chi connectivity index (χ4n) is 3.74. The lowest BCUT2D eigenvalue weighted by Crippen LogP contribution is -2.32. The molecule has 0 radical (unpaired) electrons. The Hall–Kier alpha value is -2.97. The third-order valence-corrected chi connectivity index (χ3v) is 5.37. The van der Waals surface area contributed by atoms with Crippen molar-refractivity contribution in [1.82, 2.24) is 30.0 Å². The SMILES string of the molecule is CCn1ncc(C(=O)N2CCC(c3nc(N(C)C)ncc3C(=O)NC(C)C)C2)c1C. The largest absolute Gasteiger partial charge is 0.350 e. The van der Waals surface area contributed by atoms with Crippen LogP contribution < -0.4 is 10.2 Å². The lowest BCUT2D eigenvalue weighted by molar-refractivity contribution is 0.0789. The van der Waals surface area contributed by atoms with Crippen molar-refractivity contribution < 1.29 is 9.59 Å². The van der Waals surface area contributed by atoms with Crippen LogP contribution in [0.1, 0.15) is 65.2 Å². The van der Waals surface area contributed by atoms with Crippen LogP contribution >= 0.6 is 0 Å². The van der Waals surface area contributed by atoms with Gasteiger partial charge in [0.25, 0.3) is 11.8 Å². The van der Waals surface area contributed by atoms with Gasteiger partial charge in [-0.05, 0) is 34.1 Å². The van der Waals surface area contributed by atoms with Gasteiger partial charge >= 0.3 is 0 Å². The van der Waals surface area contributed by atoms with Crippen molar-refractivity contribution in [2.45, 2.75) is 52.6 Å². The highest BCUT2D eigenvalue weighted by atomic mass is 16.2. The second-order valence-electron chi connectivity index (χ2n) is 8.19. The molecule has 1 unspecified atom stereocenters. The molecule has 0 bridgehead atoms. The third-order valence-electron chi connectivity index (χ3n) is 5.37. The van der Waals surface area contributed by atoms with Gasteiger partial charge in [0, 0.05) is 57.6 Å². The van der Waals surface area contributed by atoms with E-state index < -0.39 is 0 Å². The van der Waals surface area contributed by atoms with Crippen LogP contribution in [0.15, 0.2) is 12.4 Å². The van der Waals surface area contributed by atoms with E-state index in [1.54, 1.807) is 12.4 Å². The molecule has 0 aromatic carbocycles. The van der Waals surface area contributed by atoms with E-state index in [0.29, 0.717) is 35.9 Å². The standard InChI is InChI=1S/C21H31N7O2/c1-7-28-14(4)16(11-23-28)20(30)27-9-8-15(12-27)18-17(19(29)24-13(2)3)10-22-21(25-18)26(5)6/h10-11,13,15H,7-9,12H2,1-6H3,(H,24,29). The first-order chi connectivity index (χ1) is 14.2. The van der Waals surface area contributed by atoms with Gasteiger partial charge in [0.2, 0.25) is 5.95 Å². The van der Waals surface area contributed by atoms with Gasteiger partial charge in [-0.25, -0.2) is 9.97 Å². The molecule has 1 atom stereocenters. The molecule has 1 saturated heterocycles. The Morgan fingerprint density at radius 1 is 1.27 bits per heavy atom. The van der Waals surface area contributed by atoms with E-state index in [4.69, 9.17) is 0 Å². The van der Waals surface area contributed by atoms with Gasteiger partial charge in [0.15, 0.2) is 0 Å². The summed E-state index contributed by atoms with van der Waals surface area (Å²) >= 11 is 0. The molecule has 2 amide bonds. The van der Waals surface area contributed by atoms with Crippen molar-refractivity contribution in [3.63, 3.8) is 0 Å². The van der Waals surface area contributed by atoms with Crippen LogP contribution in [-0.4, -0.2) is 69.7 Å². The maximum Gasteiger partial charge on any atom is 0.257 e. The molecule has 0 saturated carbocycles. The van der Waals surface area contributed by atoms with Gasteiger partial charge in [-0.1, -0.05) is 0 Å². The second kappa shape index (κ2) is 8.81. The van der Waals surface area contributed by atoms with Gasteiger partial charge < -0.3 is 15.1 Å². The van der Waals surface area contributed by atoms with Crippen molar-refractivity contribution >= 4 is 17.8 Å². The molecule has 0 aliphatic carbocycles. The summed E-state index contributed by atoms with van der Waals surface area (Å²) in [5.74, 6) is 0.320. The smallest absolute Gasteiger partial charge is 0.257 e. The zero-order valence-corrected chi connectivity index (χ0v) is 18.6. The topological polar surface area (TPSA) is 96.2 Å². The maximum absolute atomic E-state index is 13.1. The number of aryl methyl sites for hydroxylation is 1. The minimum Gasteiger partial charge on any atom is -0.350 e. The van der Waals surface area contributed by atoms with Gasteiger partial charge in [-0.2, -0.15) is 5.10 Å². The van der Waals surface area contributed by atoms with Crippen molar-refractivity contribution in [3.05, 3.63) is 34.9 Å². The highest BCUT2D eigenvalue weighted by Gasteiger charge is 2.33. The number of rotatable bonds is 6. The number of hydrogen-bond donors (Lipinski definition) is 1. The van der Waals surface area contributed by atoms with E-state index in [1.807, 2.05) is 56.3 Å². The molecule has 162 valence electrons. The zero-order valence-electron chi connectivity index (χ0n) is 18.6. The van der Waals surface area contributed by atoms with E-state index in [2.05, 4.69) is 20.4 Å². The Morgan fingerprint density at radius 2 is 2.00 bits per heavy atom. The molecule has 2 aromatic rings. The second-order valence-corrected chi connectivity index (χ2v) is 8.19. The molecule has 0 spiro atoms. The number of amides is 2. The Morgan fingerprint density at radius 3 is 2.60 bits per heavy atom. The predicted octanol–water partition coefficient (Wildman–Crippen LogP) is 1.84. The van der Waals surface area contributed by atoms with Gasteiger partial charge in [-0.15, -0.1) is 0 Å². The molecule has 2 aromatic heterocycles. The summed E-state index contributed by atoms with van der Waals surface area (Å²) in [4.78, 5) is 38.5. The van der Waals surface area contributed by atoms with Gasteiger partial charge in [0.05, 0.1) is 23.0 Å². The molecule has 3 rings (SSSR count). The highest BCUT2D eigenvalue weighted by molar-refractivity contribution is 5.96. The monoisotopic (exact) mass is 413 g/mol. The summed E-state index contributed by atoms with van der Waals surface area (Å²) in [7, 11) is 3.73. The maximum atomic E-state index is 13.1. The van der Waals surface area contributed by atoms with E-state index in [0.717, 1.165) is 18.7 Å². The minimum atomic E-state index is -0.185. The normalized spacial score (nSPS) is 16.2. The summed E-state index contributed by atoms with van der Waals surface area (Å²) in [6.07, 6.45) is 3.98. The number of carbonyl (C=O) groups is 2. The summed E-state index contributed by atoms with van der Waals surface area (Å²) in [5.41, 5.74) is 2.68. The van der Waals surface area contributed by atoms with Crippen molar-refractivity contribution in [1.29, 1.82) is 0 Å². The number of hydrogen-bond acceptors (Lipinski definition) is 6. The minimum absolute atomic E-state index is 0.0126. The van der Waals surface area contributed by atoms with E-state index in [1.165, 1.54) is 0 Å². The molecular weight excluding hydrogens is 382 g/mol. The van der Waals surface area contributed by atoms with Crippen LogP contribution in [0.25, 0.3) is 0 Å². The highest BCUT2D eigenvalue weighted by Crippen LogP contribution is 2.30. The van der Waals surface area contributed by atoms with Crippen LogP contribution in [0.5, 0.6) is 0 Å². The van der Waals surface area contributed by atoms with E-state index >= 15 is 0 Å². The summed E-state index contributed by atoms with van der Waals surface area (Å²) in [6, 6.07) is 0.0126. The molecule has 9 nitrogen and oxygen atoms in total. The number of aromatic nitrogens is 4. The van der Waals surface area contributed by atoms with Crippen LogP contribution in [0.2, 0.25) is 0 Å². The summed E-state index contributed by atoms with van der Waals surface area (Å²) in [6.45, 7) is 9.61. The predicted molar refractivity (Wildman–Crippen MR) is 115 cm³/mol. The van der Waals surface area contributed by atoms with Gasteiger partial charge in [0.1, 0.15) is 0 Å². The average molecular weight is 414 g/mol. The number of anilines is 1. The van der Waals surface area contributed by atoms with E-state index in [9.17, 15) is 9.59 Å². The zero-order chi connectivity index (χ0) is 22.0. The number of nitrogens with zero attached hydrogens (tertiary/aromatic N) is 6. The first-order valence-electron chi connectivity index (χ1n) is 10.4. The number of likely N-dealkylation sites (tertiary alicyclic amines) is 1. The molecule has 1 fully saturated rings. The molecule has 9 heteroatoms. The quantitative estimate of drug-likeness (QED) is 0.776. The van der Waals surface area contributed by atoms with Crippen LogP contribution in [0, 0.1) is 6.92 Å². The molecule has 30 heavy (non-hydrogen) atoms. The lowest BCUT2D eigenvalue weighted by atomic mass is 9.99. The molecular formula is C21H31N7O2. The van der Waals surface area contributed by atoms with Crippen molar-refractivity contribution in [2.75, 3.05) is 32.1 Å². The van der Waals surface area contributed by atoms with Crippen molar-refractivity contribution in [3.8, 4) is 0 Å². The Kier molecular flexibility index (Phi) is 6.38. The molecule has 3 heterocycles.